The minimum absolute atomic E-state index is 0.119. The number of nitrogens with one attached hydrogen (secondary N) is 2. The molecule has 2 heterocycles. The van der Waals surface area contributed by atoms with Gasteiger partial charge in [-0.05, 0) is 41.5 Å². The zero-order valence-electron chi connectivity index (χ0n) is 18.9. The van der Waals surface area contributed by atoms with Gasteiger partial charge in [0.2, 0.25) is 5.88 Å². The summed E-state index contributed by atoms with van der Waals surface area (Å²) >= 11 is 5.91. The molecule has 8 heteroatoms. The van der Waals surface area contributed by atoms with E-state index in [9.17, 15) is 4.79 Å². The monoisotopic (exact) mass is 492 g/mol. The van der Waals surface area contributed by atoms with E-state index in [1.807, 2.05) is 54.6 Å². The molecule has 0 aliphatic carbocycles. The Morgan fingerprint density at radius 3 is 2.68 bits per heavy atom. The number of carbonyl (C=O) groups is 1. The molecule has 176 valence electrons. The molecule has 34 heavy (non-hydrogen) atoms. The third-order valence-electron chi connectivity index (χ3n) is 5.39. The summed E-state index contributed by atoms with van der Waals surface area (Å²) in [6.45, 7) is 2.68. The SMILES string of the molecule is CC(Oc1nc(-c2ccccc2)ccc1NCC(N)CS)C(=O)NCc1csc2ccccc12. The summed E-state index contributed by atoms with van der Waals surface area (Å²) < 4.78 is 7.25. The highest BCUT2D eigenvalue weighted by Crippen LogP contribution is 2.28. The van der Waals surface area contributed by atoms with Crippen LogP contribution in [0.1, 0.15) is 12.5 Å². The van der Waals surface area contributed by atoms with Crippen molar-refractivity contribution in [3.05, 3.63) is 77.7 Å². The fraction of sp³-hybridized carbons (Fsp3) is 0.231. The van der Waals surface area contributed by atoms with Gasteiger partial charge in [0.15, 0.2) is 6.10 Å². The Balaban J connectivity index is 1.48. The molecular formula is C26H28N4O2S2. The molecule has 4 aromatic rings. The number of benzene rings is 2. The van der Waals surface area contributed by atoms with Gasteiger partial charge in [0.25, 0.3) is 5.91 Å². The molecule has 0 aliphatic rings. The van der Waals surface area contributed by atoms with E-state index in [2.05, 4.69) is 40.8 Å². The smallest absolute Gasteiger partial charge is 0.261 e. The second-order valence-corrected chi connectivity index (χ2v) is 9.25. The number of thiophene rings is 1. The first-order valence-corrected chi connectivity index (χ1v) is 12.6. The largest absolute Gasteiger partial charge is 0.463 e. The predicted octanol–water partition coefficient (Wildman–Crippen LogP) is 4.72. The number of ether oxygens (including phenoxy) is 1. The van der Waals surface area contributed by atoms with Crippen molar-refractivity contribution in [2.45, 2.75) is 25.6 Å². The average Bonchev–Trinajstić information content (AvgIpc) is 3.29. The van der Waals surface area contributed by atoms with Crippen LogP contribution in [0.4, 0.5) is 5.69 Å². The van der Waals surface area contributed by atoms with Crippen molar-refractivity contribution in [2.75, 3.05) is 17.6 Å². The van der Waals surface area contributed by atoms with Gasteiger partial charge in [-0.2, -0.15) is 12.6 Å². The van der Waals surface area contributed by atoms with Crippen LogP contribution >= 0.6 is 24.0 Å². The Hall–Kier alpha value is -3.07. The number of anilines is 1. The number of hydrogen-bond acceptors (Lipinski definition) is 7. The molecule has 0 fully saturated rings. The number of rotatable bonds is 10. The summed E-state index contributed by atoms with van der Waals surface area (Å²) in [5.41, 5.74) is 9.50. The molecule has 0 saturated carbocycles. The molecule has 6 nitrogen and oxygen atoms in total. The molecule has 4 N–H and O–H groups in total. The van der Waals surface area contributed by atoms with Crippen LogP contribution in [0.15, 0.2) is 72.1 Å². The van der Waals surface area contributed by atoms with Gasteiger partial charge < -0.3 is 21.1 Å². The van der Waals surface area contributed by atoms with Crippen LogP contribution in [0.2, 0.25) is 0 Å². The standard InChI is InChI=1S/C26H28N4O2S2/c1-17(25(31)29-13-19-16-34-24-10-6-5-9-21(19)24)32-26-23(28-14-20(27)15-33)12-11-22(30-26)18-7-3-2-4-8-18/h2-12,16-17,20,28,33H,13-15,27H2,1H3,(H,29,31). The van der Waals surface area contributed by atoms with E-state index in [1.165, 1.54) is 4.70 Å². The highest BCUT2D eigenvalue weighted by Gasteiger charge is 2.19. The van der Waals surface area contributed by atoms with Crippen LogP contribution in [0, 0.1) is 0 Å². The van der Waals surface area contributed by atoms with Crippen LogP contribution in [0.25, 0.3) is 21.3 Å². The summed E-state index contributed by atoms with van der Waals surface area (Å²) in [6, 6.07) is 21.7. The third-order valence-corrected chi connectivity index (χ3v) is 6.87. The van der Waals surface area contributed by atoms with Crippen LogP contribution in [-0.2, 0) is 11.3 Å². The molecule has 1 amide bonds. The summed E-state index contributed by atoms with van der Waals surface area (Å²) in [6.07, 6.45) is -0.734. The molecule has 2 atom stereocenters. The number of pyridine rings is 1. The first-order valence-electron chi connectivity index (χ1n) is 11.1. The highest BCUT2D eigenvalue weighted by molar-refractivity contribution is 7.80. The number of carbonyl (C=O) groups excluding carboxylic acids is 1. The zero-order chi connectivity index (χ0) is 23.9. The quantitative estimate of drug-likeness (QED) is 0.241. The average molecular weight is 493 g/mol. The molecule has 0 radical (unpaired) electrons. The maximum absolute atomic E-state index is 12.8. The van der Waals surface area contributed by atoms with Gasteiger partial charge in [0.05, 0.1) is 11.4 Å². The number of fused-ring (bicyclic) bond motifs is 1. The van der Waals surface area contributed by atoms with Gasteiger partial charge in [-0.15, -0.1) is 11.3 Å². The van der Waals surface area contributed by atoms with Crippen molar-refractivity contribution in [3.63, 3.8) is 0 Å². The Labute approximate surface area is 209 Å². The Kier molecular flexibility index (Phi) is 8.05. The van der Waals surface area contributed by atoms with Crippen molar-refractivity contribution in [2.24, 2.45) is 5.73 Å². The lowest BCUT2D eigenvalue weighted by molar-refractivity contribution is -0.127. The number of thiol groups is 1. The van der Waals surface area contributed by atoms with Crippen LogP contribution < -0.4 is 21.1 Å². The van der Waals surface area contributed by atoms with Gasteiger partial charge in [-0.25, -0.2) is 4.98 Å². The van der Waals surface area contributed by atoms with Gasteiger partial charge in [-0.1, -0.05) is 48.5 Å². The number of hydrogen-bond donors (Lipinski definition) is 4. The van der Waals surface area contributed by atoms with E-state index in [0.717, 1.165) is 22.2 Å². The third kappa shape index (κ3) is 5.88. The molecule has 0 spiro atoms. The fourth-order valence-electron chi connectivity index (χ4n) is 3.46. The van der Waals surface area contributed by atoms with E-state index in [1.54, 1.807) is 18.3 Å². The minimum Gasteiger partial charge on any atom is -0.463 e. The first-order chi connectivity index (χ1) is 16.5. The van der Waals surface area contributed by atoms with Gasteiger partial charge >= 0.3 is 0 Å². The topological polar surface area (TPSA) is 89.3 Å². The van der Waals surface area contributed by atoms with Gasteiger partial charge in [-0.3, -0.25) is 4.79 Å². The highest BCUT2D eigenvalue weighted by atomic mass is 32.1. The van der Waals surface area contributed by atoms with Crippen LogP contribution in [0.5, 0.6) is 5.88 Å². The zero-order valence-corrected chi connectivity index (χ0v) is 20.6. The van der Waals surface area contributed by atoms with Crippen LogP contribution in [0.3, 0.4) is 0 Å². The van der Waals surface area contributed by atoms with E-state index in [0.29, 0.717) is 30.4 Å². The molecule has 0 aliphatic heterocycles. The number of nitrogens with zero attached hydrogens (tertiary/aromatic N) is 1. The predicted molar refractivity (Wildman–Crippen MR) is 144 cm³/mol. The Bertz CT molecular complexity index is 1250. The summed E-state index contributed by atoms with van der Waals surface area (Å²) in [7, 11) is 0. The first kappa shape index (κ1) is 24.1. The van der Waals surface area contributed by atoms with E-state index >= 15 is 0 Å². The molecular weight excluding hydrogens is 464 g/mol. The molecule has 2 aromatic heterocycles. The van der Waals surface area contributed by atoms with Gasteiger partial charge in [0.1, 0.15) is 0 Å². The molecule has 2 aromatic carbocycles. The summed E-state index contributed by atoms with van der Waals surface area (Å²) in [5, 5.41) is 9.49. The number of nitrogens with two attached hydrogens (primary N) is 1. The maximum Gasteiger partial charge on any atom is 0.261 e. The van der Waals surface area contributed by atoms with Crippen molar-refractivity contribution in [1.82, 2.24) is 10.3 Å². The Morgan fingerprint density at radius 2 is 1.88 bits per heavy atom. The second kappa shape index (κ2) is 11.4. The van der Waals surface area contributed by atoms with Crippen molar-refractivity contribution < 1.29 is 9.53 Å². The van der Waals surface area contributed by atoms with E-state index in [4.69, 9.17) is 15.5 Å². The summed E-state index contributed by atoms with van der Waals surface area (Å²) in [4.78, 5) is 17.5. The van der Waals surface area contributed by atoms with E-state index in [-0.39, 0.29) is 11.9 Å². The Morgan fingerprint density at radius 1 is 1.12 bits per heavy atom. The lowest BCUT2D eigenvalue weighted by atomic mass is 10.1. The molecule has 0 saturated heterocycles. The normalized spacial score (nSPS) is 12.8. The number of aromatic nitrogens is 1. The van der Waals surface area contributed by atoms with Crippen molar-refractivity contribution in [1.29, 1.82) is 0 Å². The van der Waals surface area contributed by atoms with E-state index < -0.39 is 6.10 Å². The van der Waals surface area contributed by atoms with Crippen molar-refractivity contribution in [3.8, 4) is 17.1 Å². The maximum atomic E-state index is 12.8. The lowest BCUT2D eigenvalue weighted by Gasteiger charge is -2.19. The van der Waals surface area contributed by atoms with Crippen molar-refractivity contribution >= 4 is 45.6 Å². The molecule has 4 rings (SSSR count). The minimum atomic E-state index is -0.734. The van der Waals surface area contributed by atoms with Crippen LogP contribution in [-0.4, -0.2) is 35.3 Å². The number of amides is 1. The molecule has 0 bridgehead atoms. The fourth-order valence-corrected chi connectivity index (χ4v) is 4.55. The van der Waals surface area contributed by atoms with Gasteiger partial charge in [0, 0.05) is 35.1 Å². The summed E-state index contributed by atoms with van der Waals surface area (Å²) in [5.74, 6) is 0.700. The molecule has 2 unspecified atom stereocenters. The second-order valence-electron chi connectivity index (χ2n) is 7.97. The lowest BCUT2D eigenvalue weighted by Crippen LogP contribution is -2.36.